The molecule has 0 spiro atoms. The predicted molar refractivity (Wildman–Crippen MR) is 215 cm³/mol. The molecule has 0 fully saturated rings. The Morgan fingerprint density at radius 3 is 1.84 bits per heavy atom. The molecule has 0 aliphatic rings. The van der Waals surface area contributed by atoms with E-state index >= 15 is 0 Å². The molecular formula is C46H29NS2. The van der Waals surface area contributed by atoms with E-state index in [4.69, 9.17) is 0 Å². The standard InChI is InChI=1S/C46H29NS2/c1-2-12-31(13-3-1)36-28-29-38-37-17-6-8-21-41(37)49-46(38)45(36)47(40-20-11-23-43-44(40)39-18-7-9-22-42(39)48-43)33-26-24-32(25-27-33)35-19-10-15-30-14-4-5-16-34(30)35/h1-29H. The normalized spacial score (nSPS) is 11.7. The van der Waals surface area contributed by atoms with Gasteiger partial charge in [0.05, 0.1) is 16.1 Å². The topological polar surface area (TPSA) is 3.24 Å². The van der Waals surface area contributed by atoms with Gasteiger partial charge in [-0.05, 0) is 63.9 Å². The van der Waals surface area contributed by atoms with Crippen LogP contribution in [0.1, 0.15) is 0 Å². The van der Waals surface area contributed by atoms with Gasteiger partial charge in [-0.25, -0.2) is 0 Å². The largest absolute Gasteiger partial charge is 0.308 e. The quantitative estimate of drug-likeness (QED) is 0.178. The van der Waals surface area contributed by atoms with Gasteiger partial charge in [0, 0.05) is 46.9 Å². The molecule has 0 aliphatic heterocycles. The molecule has 0 bridgehead atoms. The molecule has 8 aromatic carbocycles. The molecule has 2 heterocycles. The van der Waals surface area contributed by atoms with Crippen molar-refractivity contribution < 1.29 is 0 Å². The molecule has 0 N–H and O–H groups in total. The zero-order valence-electron chi connectivity index (χ0n) is 26.5. The van der Waals surface area contributed by atoms with Crippen LogP contribution in [-0.2, 0) is 0 Å². The lowest BCUT2D eigenvalue weighted by Crippen LogP contribution is -2.12. The van der Waals surface area contributed by atoms with Crippen LogP contribution < -0.4 is 4.90 Å². The van der Waals surface area contributed by atoms with E-state index in [-0.39, 0.29) is 0 Å². The Labute approximate surface area is 292 Å². The molecule has 0 aliphatic carbocycles. The Balaban J connectivity index is 1.30. The van der Waals surface area contributed by atoms with E-state index in [1.807, 2.05) is 22.7 Å². The Morgan fingerprint density at radius 2 is 1.00 bits per heavy atom. The maximum absolute atomic E-state index is 2.54. The van der Waals surface area contributed by atoms with E-state index in [0.29, 0.717) is 0 Å². The van der Waals surface area contributed by atoms with Crippen molar-refractivity contribution in [2.24, 2.45) is 0 Å². The highest BCUT2D eigenvalue weighted by molar-refractivity contribution is 7.26. The van der Waals surface area contributed by atoms with Crippen LogP contribution in [0.3, 0.4) is 0 Å². The van der Waals surface area contributed by atoms with Crippen LogP contribution in [0.15, 0.2) is 176 Å². The first-order valence-electron chi connectivity index (χ1n) is 16.6. The first kappa shape index (κ1) is 28.3. The van der Waals surface area contributed by atoms with E-state index in [1.165, 1.54) is 84.7 Å². The van der Waals surface area contributed by atoms with Crippen molar-refractivity contribution in [1.29, 1.82) is 0 Å². The van der Waals surface area contributed by atoms with Gasteiger partial charge in [0.1, 0.15) is 0 Å². The summed E-state index contributed by atoms with van der Waals surface area (Å²) in [7, 11) is 0. The van der Waals surface area contributed by atoms with Crippen molar-refractivity contribution in [2.75, 3.05) is 4.90 Å². The van der Waals surface area contributed by atoms with Crippen molar-refractivity contribution in [3.05, 3.63) is 176 Å². The molecule has 3 heteroatoms. The second-order valence-corrected chi connectivity index (χ2v) is 14.6. The Morgan fingerprint density at radius 1 is 0.367 bits per heavy atom. The molecule has 0 saturated heterocycles. The lowest BCUT2D eigenvalue weighted by molar-refractivity contribution is 1.32. The van der Waals surface area contributed by atoms with Crippen LogP contribution in [0.25, 0.3) is 73.4 Å². The number of thiophene rings is 2. The van der Waals surface area contributed by atoms with Crippen molar-refractivity contribution in [2.45, 2.75) is 0 Å². The zero-order chi connectivity index (χ0) is 32.3. The van der Waals surface area contributed by atoms with Gasteiger partial charge in [0.25, 0.3) is 0 Å². The summed E-state index contributed by atoms with van der Waals surface area (Å²) in [5, 5.41) is 7.69. The lowest BCUT2D eigenvalue weighted by Gasteiger charge is -2.29. The van der Waals surface area contributed by atoms with Crippen molar-refractivity contribution in [3.63, 3.8) is 0 Å². The smallest absolute Gasteiger partial charge is 0.0718 e. The number of fused-ring (bicyclic) bond motifs is 7. The van der Waals surface area contributed by atoms with Crippen molar-refractivity contribution in [1.82, 2.24) is 0 Å². The maximum Gasteiger partial charge on any atom is 0.0718 e. The lowest BCUT2D eigenvalue weighted by atomic mass is 9.97. The molecule has 1 nitrogen and oxygen atoms in total. The van der Waals surface area contributed by atoms with Crippen molar-refractivity contribution in [3.8, 4) is 22.3 Å². The number of hydrogen-bond acceptors (Lipinski definition) is 3. The Kier molecular flexibility index (Phi) is 6.61. The van der Waals surface area contributed by atoms with Crippen molar-refractivity contribution >= 4 is 90.9 Å². The van der Waals surface area contributed by atoms with E-state index in [9.17, 15) is 0 Å². The molecule has 10 rings (SSSR count). The second-order valence-electron chi connectivity index (χ2n) is 12.5. The maximum atomic E-state index is 2.54. The highest BCUT2D eigenvalue weighted by Gasteiger charge is 2.25. The first-order chi connectivity index (χ1) is 24.3. The third kappa shape index (κ3) is 4.58. The summed E-state index contributed by atoms with van der Waals surface area (Å²) >= 11 is 3.76. The summed E-state index contributed by atoms with van der Waals surface area (Å²) in [5.41, 5.74) is 8.42. The fraction of sp³-hybridized carbons (Fsp3) is 0. The third-order valence-corrected chi connectivity index (χ3v) is 12.0. The molecule has 10 aromatic rings. The van der Waals surface area contributed by atoms with E-state index in [2.05, 4.69) is 181 Å². The molecule has 49 heavy (non-hydrogen) atoms. The van der Waals surface area contributed by atoms with Gasteiger partial charge in [-0.2, -0.15) is 0 Å². The minimum atomic E-state index is 1.13. The highest BCUT2D eigenvalue weighted by Crippen LogP contribution is 2.52. The molecule has 0 unspecified atom stereocenters. The summed E-state index contributed by atoms with van der Waals surface area (Å²) in [4.78, 5) is 2.54. The molecule has 0 atom stereocenters. The Hall–Kier alpha value is -5.74. The van der Waals surface area contributed by atoms with Crippen LogP contribution in [-0.4, -0.2) is 0 Å². The number of benzene rings is 8. The van der Waals surface area contributed by atoms with E-state index in [1.54, 1.807) is 0 Å². The number of hydrogen-bond donors (Lipinski definition) is 0. The van der Waals surface area contributed by atoms with E-state index < -0.39 is 0 Å². The SMILES string of the molecule is c1ccc(-c2ccc3c(sc4ccccc43)c2N(c2ccc(-c3cccc4ccccc34)cc2)c2cccc3sc4ccccc4c23)cc1. The fourth-order valence-corrected chi connectivity index (χ4v) is 9.81. The number of rotatable bonds is 5. The minimum Gasteiger partial charge on any atom is -0.308 e. The van der Waals surface area contributed by atoms with Gasteiger partial charge < -0.3 is 4.90 Å². The van der Waals surface area contributed by atoms with Crippen LogP contribution in [0.5, 0.6) is 0 Å². The summed E-state index contributed by atoms with van der Waals surface area (Å²) in [6.45, 7) is 0. The monoisotopic (exact) mass is 659 g/mol. The highest BCUT2D eigenvalue weighted by atomic mass is 32.1. The summed E-state index contributed by atoms with van der Waals surface area (Å²) in [6.07, 6.45) is 0. The average Bonchev–Trinajstić information content (AvgIpc) is 3.75. The summed E-state index contributed by atoms with van der Waals surface area (Å²) in [6, 6.07) is 64.4. The van der Waals surface area contributed by atoms with Gasteiger partial charge in [0.15, 0.2) is 0 Å². The van der Waals surface area contributed by atoms with Gasteiger partial charge in [0.2, 0.25) is 0 Å². The van der Waals surface area contributed by atoms with Gasteiger partial charge in [-0.1, -0.05) is 140 Å². The molecular weight excluding hydrogens is 631 g/mol. The number of anilines is 3. The molecule has 2 aromatic heterocycles. The van der Waals surface area contributed by atoms with E-state index in [0.717, 1.165) is 5.69 Å². The molecule has 0 amide bonds. The number of nitrogens with zero attached hydrogens (tertiary/aromatic N) is 1. The first-order valence-corrected chi connectivity index (χ1v) is 18.2. The second kappa shape index (κ2) is 11.5. The van der Waals surface area contributed by atoms with Gasteiger partial charge in [-0.15, -0.1) is 22.7 Å². The molecule has 0 radical (unpaired) electrons. The van der Waals surface area contributed by atoms with Crippen LogP contribution >= 0.6 is 22.7 Å². The van der Waals surface area contributed by atoms with Gasteiger partial charge >= 0.3 is 0 Å². The molecule has 0 saturated carbocycles. The fourth-order valence-electron chi connectivity index (χ4n) is 7.45. The summed E-state index contributed by atoms with van der Waals surface area (Å²) in [5.74, 6) is 0. The van der Waals surface area contributed by atoms with Crippen LogP contribution in [0.4, 0.5) is 17.1 Å². The van der Waals surface area contributed by atoms with Gasteiger partial charge in [-0.3, -0.25) is 0 Å². The van der Waals surface area contributed by atoms with Crippen LogP contribution in [0, 0.1) is 0 Å². The molecule has 230 valence electrons. The van der Waals surface area contributed by atoms with Crippen LogP contribution in [0.2, 0.25) is 0 Å². The zero-order valence-corrected chi connectivity index (χ0v) is 28.1. The average molecular weight is 660 g/mol. The summed E-state index contributed by atoms with van der Waals surface area (Å²) < 4.78 is 5.19. The Bertz CT molecular complexity index is 2820. The minimum absolute atomic E-state index is 1.13. The predicted octanol–water partition coefficient (Wildman–Crippen LogP) is 14.4. The third-order valence-electron chi connectivity index (χ3n) is 9.68.